The van der Waals surface area contributed by atoms with Gasteiger partial charge in [-0.05, 0) is 23.6 Å². The van der Waals surface area contributed by atoms with E-state index in [4.69, 9.17) is 11.6 Å². The lowest BCUT2D eigenvalue weighted by molar-refractivity contribution is 0.0989. The van der Waals surface area contributed by atoms with Crippen LogP contribution in [-0.2, 0) is 11.8 Å². The van der Waals surface area contributed by atoms with Crippen LogP contribution in [-0.4, -0.2) is 11.7 Å². The van der Waals surface area contributed by atoms with Gasteiger partial charge in [-0.25, -0.2) is 0 Å². The zero-order chi connectivity index (χ0) is 11.3. The molecule has 0 radical (unpaired) electrons. The van der Waals surface area contributed by atoms with Gasteiger partial charge in [-0.2, -0.15) is 0 Å². The maximum atomic E-state index is 11.6. The summed E-state index contributed by atoms with van der Waals surface area (Å²) in [5.41, 5.74) is 3.24. The number of rotatable bonds is 5. The molecule has 0 spiro atoms. The molecule has 0 aliphatic carbocycles. The van der Waals surface area contributed by atoms with Crippen LogP contribution in [0.4, 0.5) is 0 Å². The Kier molecular flexibility index (Phi) is 5.34. The number of benzene rings is 1. The van der Waals surface area contributed by atoms with Crippen molar-refractivity contribution in [3.8, 4) is 0 Å². The molecule has 0 heterocycles. The molecule has 0 N–H and O–H groups in total. The normalized spacial score (nSPS) is 10.3. The van der Waals surface area contributed by atoms with Crippen molar-refractivity contribution in [3.05, 3.63) is 34.9 Å². The highest BCUT2D eigenvalue weighted by Crippen LogP contribution is 2.17. The van der Waals surface area contributed by atoms with Crippen LogP contribution in [0.15, 0.2) is 18.2 Å². The Labute approximate surface area is 104 Å². The molecule has 1 aromatic carbocycles. The molecule has 0 unspecified atom stereocenters. The predicted octanol–water partition coefficient (Wildman–Crippen LogP) is 3.96. The molecule has 0 saturated heterocycles. The Morgan fingerprint density at radius 1 is 1.40 bits per heavy atom. The highest BCUT2D eigenvalue weighted by molar-refractivity contribution is 9.08. The van der Waals surface area contributed by atoms with E-state index in [2.05, 4.69) is 22.9 Å². The summed E-state index contributed by atoms with van der Waals surface area (Å²) in [6.07, 6.45) is 1.40. The van der Waals surface area contributed by atoms with E-state index in [0.717, 1.165) is 17.3 Å². The molecular weight excluding hydrogens is 275 g/mol. The quantitative estimate of drug-likeness (QED) is 0.592. The fourth-order valence-electron chi connectivity index (χ4n) is 1.50. The largest absolute Gasteiger partial charge is 0.294 e. The van der Waals surface area contributed by atoms with Crippen molar-refractivity contribution in [2.24, 2.45) is 0 Å². The molecule has 1 nitrogen and oxygen atoms in total. The number of alkyl halides is 2. The second-order valence-corrected chi connectivity index (χ2v) is 4.27. The maximum absolute atomic E-state index is 11.6. The average Bonchev–Trinajstić information content (AvgIpc) is 2.28. The lowest BCUT2D eigenvalue weighted by atomic mass is 10.0. The molecule has 82 valence electrons. The summed E-state index contributed by atoms with van der Waals surface area (Å²) in [4.78, 5) is 11.6. The number of hydrogen-bond acceptors (Lipinski definition) is 1. The number of aryl methyl sites for hydroxylation is 1. The second kappa shape index (κ2) is 6.29. The number of carbonyl (C=O) groups is 1. The first-order valence-electron chi connectivity index (χ1n) is 4.99. The van der Waals surface area contributed by atoms with Gasteiger partial charge < -0.3 is 0 Å². The summed E-state index contributed by atoms with van der Waals surface area (Å²) in [7, 11) is 0. The highest BCUT2D eigenvalue weighted by atomic mass is 79.9. The minimum atomic E-state index is 0.120. The molecule has 0 aliphatic rings. The Hall–Kier alpha value is -0.340. The molecular formula is C12H14BrClO. The highest BCUT2D eigenvalue weighted by Gasteiger charge is 2.07. The van der Waals surface area contributed by atoms with Crippen molar-refractivity contribution in [1.82, 2.24) is 0 Å². The topological polar surface area (TPSA) is 17.1 Å². The van der Waals surface area contributed by atoms with Gasteiger partial charge in [0.2, 0.25) is 0 Å². The van der Waals surface area contributed by atoms with Gasteiger partial charge in [0.15, 0.2) is 5.78 Å². The first kappa shape index (κ1) is 12.7. The van der Waals surface area contributed by atoms with Gasteiger partial charge in [0.1, 0.15) is 0 Å². The third kappa shape index (κ3) is 3.32. The molecule has 0 fully saturated rings. The Morgan fingerprint density at radius 2 is 2.13 bits per heavy atom. The number of carbonyl (C=O) groups excluding carboxylic acids is 1. The van der Waals surface area contributed by atoms with Crippen LogP contribution in [0.5, 0.6) is 0 Å². The van der Waals surface area contributed by atoms with Crippen molar-refractivity contribution in [3.63, 3.8) is 0 Å². The summed E-state index contributed by atoms with van der Waals surface area (Å²) in [6.45, 7) is 2.11. The first-order valence-corrected chi connectivity index (χ1v) is 6.65. The number of halogens is 2. The third-order valence-electron chi connectivity index (χ3n) is 2.37. The van der Waals surface area contributed by atoms with E-state index < -0.39 is 0 Å². The molecule has 0 atom stereocenters. The molecule has 3 heteroatoms. The smallest absolute Gasteiger partial charge is 0.164 e. The number of Topliss-reactive ketones (excluding diaryl/α,β-unsaturated/α-hetero) is 1. The summed E-state index contributed by atoms with van der Waals surface area (Å²) in [5, 5.41) is 0.790. The average molecular weight is 290 g/mol. The van der Waals surface area contributed by atoms with E-state index >= 15 is 0 Å². The number of ketones is 1. The van der Waals surface area contributed by atoms with E-state index in [0.29, 0.717) is 12.3 Å². The fraction of sp³-hybridized carbons (Fsp3) is 0.417. The SMILES string of the molecule is CCc1ccc(C(=O)CCCl)cc1CBr. The fourth-order valence-corrected chi connectivity index (χ4v) is 2.19. The maximum Gasteiger partial charge on any atom is 0.164 e. The Morgan fingerprint density at radius 3 is 2.67 bits per heavy atom. The van der Waals surface area contributed by atoms with Crippen LogP contribution in [0.3, 0.4) is 0 Å². The van der Waals surface area contributed by atoms with Crippen molar-refractivity contribution in [2.45, 2.75) is 25.1 Å². The van der Waals surface area contributed by atoms with Crippen molar-refractivity contribution < 1.29 is 4.79 Å². The zero-order valence-electron chi connectivity index (χ0n) is 8.72. The van der Waals surface area contributed by atoms with Gasteiger partial charge in [-0.3, -0.25) is 4.79 Å². The van der Waals surface area contributed by atoms with Crippen LogP contribution < -0.4 is 0 Å². The van der Waals surface area contributed by atoms with E-state index in [1.807, 2.05) is 18.2 Å². The van der Waals surface area contributed by atoms with Crippen molar-refractivity contribution in [1.29, 1.82) is 0 Å². The van der Waals surface area contributed by atoms with Crippen LogP contribution >= 0.6 is 27.5 Å². The molecule has 0 aromatic heterocycles. The van der Waals surface area contributed by atoms with Crippen LogP contribution in [0.1, 0.15) is 34.8 Å². The van der Waals surface area contributed by atoms with Gasteiger partial charge >= 0.3 is 0 Å². The summed E-state index contributed by atoms with van der Waals surface area (Å²) in [5.74, 6) is 0.507. The first-order chi connectivity index (χ1) is 7.22. The van der Waals surface area contributed by atoms with Gasteiger partial charge in [0, 0.05) is 23.2 Å². The molecule has 0 aliphatic heterocycles. The molecule has 1 aromatic rings. The van der Waals surface area contributed by atoms with Crippen LogP contribution in [0.2, 0.25) is 0 Å². The Bertz CT molecular complexity index is 349. The minimum Gasteiger partial charge on any atom is -0.294 e. The van der Waals surface area contributed by atoms with Gasteiger partial charge in [0.25, 0.3) is 0 Å². The van der Waals surface area contributed by atoms with Crippen molar-refractivity contribution in [2.75, 3.05) is 5.88 Å². The van der Waals surface area contributed by atoms with Gasteiger partial charge in [-0.1, -0.05) is 35.0 Å². The second-order valence-electron chi connectivity index (χ2n) is 3.33. The minimum absolute atomic E-state index is 0.120. The molecule has 0 bridgehead atoms. The lowest BCUT2D eigenvalue weighted by Gasteiger charge is -2.07. The standard InChI is InChI=1S/C12H14BrClO/c1-2-9-3-4-10(7-11(9)8-13)12(15)5-6-14/h3-4,7H,2,5-6,8H2,1H3. The van der Waals surface area contributed by atoms with E-state index in [1.165, 1.54) is 11.1 Å². The molecule has 1 rings (SSSR count). The predicted molar refractivity (Wildman–Crippen MR) is 68.1 cm³/mol. The monoisotopic (exact) mass is 288 g/mol. The molecule has 0 amide bonds. The molecule has 15 heavy (non-hydrogen) atoms. The number of hydrogen-bond donors (Lipinski definition) is 0. The lowest BCUT2D eigenvalue weighted by Crippen LogP contribution is -2.02. The third-order valence-corrected chi connectivity index (χ3v) is 3.17. The van der Waals surface area contributed by atoms with E-state index in [1.54, 1.807) is 0 Å². The molecule has 0 saturated carbocycles. The summed E-state index contributed by atoms with van der Waals surface area (Å²) in [6, 6.07) is 5.88. The van der Waals surface area contributed by atoms with Gasteiger partial charge in [-0.15, -0.1) is 11.6 Å². The zero-order valence-corrected chi connectivity index (χ0v) is 11.1. The Balaban J connectivity index is 2.97. The van der Waals surface area contributed by atoms with Gasteiger partial charge in [0.05, 0.1) is 0 Å². The van der Waals surface area contributed by atoms with E-state index in [-0.39, 0.29) is 5.78 Å². The summed E-state index contributed by atoms with van der Waals surface area (Å²) >= 11 is 8.98. The van der Waals surface area contributed by atoms with E-state index in [9.17, 15) is 4.79 Å². The summed E-state index contributed by atoms with van der Waals surface area (Å²) < 4.78 is 0. The van der Waals surface area contributed by atoms with Crippen molar-refractivity contribution >= 4 is 33.3 Å². The van der Waals surface area contributed by atoms with Crippen LogP contribution in [0.25, 0.3) is 0 Å². The van der Waals surface area contributed by atoms with Crippen LogP contribution in [0, 0.1) is 0 Å².